The van der Waals surface area contributed by atoms with Crippen LogP contribution in [0.4, 0.5) is 0 Å². The molecular formula is C17H24O3. The molecule has 0 amide bonds. The summed E-state index contributed by atoms with van der Waals surface area (Å²) in [7, 11) is 0. The second-order valence-electron chi connectivity index (χ2n) is 5.84. The Bertz CT molecular complexity index is 436. The maximum Gasteiger partial charge on any atom is 0.163 e. The molecule has 2 atom stereocenters. The third-order valence-electron chi connectivity index (χ3n) is 3.55. The first kappa shape index (κ1) is 15.1. The molecule has 1 aromatic carbocycles. The van der Waals surface area contributed by atoms with Gasteiger partial charge in [0.15, 0.2) is 5.79 Å². The van der Waals surface area contributed by atoms with Crippen LogP contribution < -0.4 is 0 Å². The molecule has 1 saturated heterocycles. The highest BCUT2D eigenvalue weighted by Gasteiger charge is 2.34. The summed E-state index contributed by atoms with van der Waals surface area (Å²) < 4.78 is 11.9. The zero-order valence-electron chi connectivity index (χ0n) is 12.3. The van der Waals surface area contributed by atoms with Crippen molar-refractivity contribution in [1.82, 2.24) is 0 Å². The number of hydrogen-bond donors (Lipinski definition) is 1. The molecule has 1 aromatic rings. The average molecular weight is 276 g/mol. The molecule has 3 nitrogen and oxygen atoms in total. The molecule has 0 aromatic heterocycles. The summed E-state index contributed by atoms with van der Waals surface area (Å²) in [6.45, 7) is 7.72. The van der Waals surface area contributed by atoms with Crippen LogP contribution >= 0.6 is 0 Å². The number of hydrogen-bond acceptors (Lipinski definition) is 3. The van der Waals surface area contributed by atoms with Gasteiger partial charge in [-0.2, -0.15) is 0 Å². The lowest BCUT2D eigenvalue weighted by atomic mass is 9.99. The molecule has 1 aliphatic rings. The van der Waals surface area contributed by atoms with Crippen molar-refractivity contribution in [3.8, 4) is 5.75 Å². The smallest absolute Gasteiger partial charge is 0.163 e. The van der Waals surface area contributed by atoms with Gasteiger partial charge in [-0.05, 0) is 50.8 Å². The number of benzene rings is 1. The largest absolute Gasteiger partial charge is 0.508 e. The first-order valence-electron chi connectivity index (χ1n) is 7.23. The number of phenolic OH excluding ortho intramolecular Hbond substituents is 1. The van der Waals surface area contributed by atoms with Gasteiger partial charge in [0, 0.05) is 6.42 Å². The van der Waals surface area contributed by atoms with Crippen molar-refractivity contribution in [3.05, 3.63) is 42.5 Å². The standard InChI is InChI=1S/C17H24O3/c1-4-5-15-12-16(20-17(2,3)19-15)11-8-13-6-9-14(18)10-7-13/h4,6-7,9-10,15-16,18H,1,5,8,11-12H2,2-3H3/t15-,16-/m0/s1. The Morgan fingerprint density at radius 3 is 2.55 bits per heavy atom. The van der Waals surface area contributed by atoms with Gasteiger partial charge in [-0.25, -0.2) is 0 Å². The molecule has 110 valence electrons. The molecule has 20 heavy (non-hydrogen) atoms. The van der Waals surface area contributed by atoms with Crippen molar-refractivity contribution >= 4 is 0 Å². The van der Waals surface area contributed by atoms with Gasteiger partial charge in [-0.15, -0.1) is 6.58 Å². The van der Waals surface area contributed by atoms with Crippen LogP contribution in [0.1, 0.15) is 38.7 Å². The Labute approximate surface area is 121 Å². The van der Waals surface area contributed by atoms with E-state index in [1.807, 2.05) is 32.1 Å². The van der Waals surface area contributed by atoms with Crippen LogP contribution in [0.2, 0.25) is 0 Å². The maximum absolute atomic E-state index is 9.29. The molecule has 0 unspecified atom stereocenters. The summed E-state index contributed by atoms with van der Waals surface area (Å²) in [6, 6.07) is 7.37. The Balaban J connectivity index is 1.90. The fourth-order valence-corrected chi connectivity index (χ4v) is 2.72. The number of aromatic hydroxyl groups is 1. The van der Waals surface area contributed by atoms with E-state index in [4.69, 9.17) is 9.47 Å². The number of ether oxygens (including phenoxy) is 2. The molecule has 0 radical (unpaired) electrons. The molecule has 3 heteroatoms. The Hall–Kier alpha value is -1.32. The van der Waals surface area contributed by atoms with E-state index in [1.54, 1.807) is 12.1 Å². The molecular weight excluding hydrogens is 252 g/mol. The predicted octanol–water partition coefficient (Wildman–Crippen LogP) is 3.81. The van der Waals surface area contributed by atoms with Crippen LogP contribution in [0.15, 0.2) is 36.9 Å². The van der Waals surface area contributed by atoms with Crippen molar-refractivity contribution in [2.75, 3.05) is 0 Å². The van der Waals surface area contributed by atoms with Crippen LogP contribution in [0.3, 0.4) is 0 Å². The monoisotopic (exact) mass is 276 g/mol. The van der Waals surface area contributed by atoms with E-state index in [2.05, 4.69) is 6.58 Å². The van der Waals surface area contributed by atoms with E-state index in [0.29, 0.717) is 5.75 Å². The van der Waals surface area contributed by atoms with Gasteiger partial charge in [0.05, 0.1) is 12.2 Å². The van der Waals surface area contributed by atoms with E-state index in [9.17, 15) is 5.11 Å². The molecule has 1 fully saturated rings. The van der Waals surface area contributed by atoms with Gasteiger partial charge in [0.2, 0.25) is 0 Å². The minimum Gasteiger partial charge on any atom is -0.508 e. The van der Waals surface area contributed by atoms with Gasteiger partial charge >= 0.3 is 0 Å². The number of rotatable bonds is 5. The van der Waals surface area contributed by atoms with E-state index >= 15 is 0 Å². The fraction of sp³-hybridized carbons (Fsp3) is 0.529. The van der Waals surface area contributed by atoms with Crippen LogP contribution in [-0.4, -0.2) is 23.1 Å². The van der Waals surface area contributed by atoms with E-state index in [1.165, 1.54) is 5.56 Å². The molecule has 2 rings (SSSR count). The number of phenols is 1. The Kier molecular flexibility index (Phi) is 4.84. The molecule has 0 aliphatic carbocycles. The normalized spacial score (nSPS) is 25.3. The summed E-state index contributed by atoms with van der Waals surface area (Å²) in [6.07, 6.45) is 5.99. The first-order valence-corrected chi connectivity index (χ1v) is 7.23. The van der Waals surface area contributed by atoms with Crippen molar-refractivity contribution in [3.63, 3.8) is 0 Å². The fourth-order valence-electron chi connectivity index (χ4n) is 2.72. The SMILES string of the molecule is C=CC[C@H]1C[C@H](CCc2ccc(O)cc2)OC(C)(C)O1. The van der Waals surface area contributed by atoms with E-state index in [0.717, 1.165) is 25.7 Å². The third-order valence-corrected chi connectivity index (χ3v) is 3.55. The molecule has 0 bridgehead atoms. The van der Waals surface area contributed by atoms with E-state index < -0.39 is 5.79 Å². The van der Waals surface area contributed by atoms with Crippen molar-refractivity contribution in [2.45, 2.75) is 57.5 Å². The maximum atomic E-state index is 9.29. The minimum absolute atomic E-state index is 0.195. The molecule has 1 N–H and O–H groups in total. The quantitative estimate of drug-likeness (QED) is 0.831. The van der Waals surface area contributed by atoms with Crippen LogP contribution in [-0.2, 0) is 15.9 Å². The van der Waals surface area contributed by atoms with Crippen molar-refractivity contribution in [1.29, 1.82) is 0 Å². The Morgan fingerprint density at radius 2 is 1.90 bits per heavy atom. The topological polar surface area (TPSA) is 38.7 Å². The highest BCUT2D eigenvalue weighted by atomic mass is 16.7. The summed E-state index contributed by atoms with van der Waals surface area (Å²) in [4.78, 5) is 0. The second kappa shape index (κ2) is 6.42. The van der Waals surface area contributed by atoms with Gasteiger partial charge in [0.25, 0.3) is 0 Å². The number of aryl methyl sites for hydroxylation is 1. The predicted molar refractivity (Wildman–Crippen MR) is 79.7 cm³/mol. The summed E-state index contributed by atoms with van der Waals surface area (Å²) >= 11 is 0. The first-order chi connectivity index (χ1) is 9.48. The zero-order valence-corrected chi connectivity index (χ0v) is 12.3. The highest BCUT2D eigenvalue weighted by molar-refractivity contribution is 5.25. The van der Waals surface area contributed by atoms with E-state index in [-0.39, 0.29) is 12.2 Å². The van der Waals surface area contributed by atoms with Crippen LogP contribution in [0.25, 0.3) is 0 Å². The van der Waals surface area contributed by atoms with Gasteiger partial charge in [-0.1, -0.05) is 18.2 Å². The molecule has 0 saturated carbocycles. The van der Waals surface area contributed by atoms with Crippen LogP contribution in [0.5, 0.6) is 5.75 Å². The second-order valence-corrected chi connectivity index (χ2v) is 5.84. The van der Waals surface area contributed by atoms with Crippen LogP contribution in [0, 0.1) is 0 Å². The lowest BCUT2D eigenvalue weighted by molar-refractivity contribution is -0.299. The molecule has 1 aliphatic heterocycles. The summed E-state index contributed by atoms with van der Waals surface area (Å²) in [5, 5.41) is 9.29. The van der Waals surface area contributed by atoms with Gasteiger partial charge in [0.1, 0.15) is 5.75 Å². The molecule has 1 heterocycles. The Morgan fingerprint density at radius 1 is 1.25 bits per heavy atom. The summed E-state index contributed by atoms with van der Waals surface area (Å²) in [5.41, 5.74) is 1.22. The van der Waals surface area contributed by atoms with Crippen molar-refractivity contribution < 1.29 is 14.6 Å². The lowest BCUT2D eigenvalue weighted by Gasteiger charge is -2.40. The zero-order chi connectivity index (χ0) is 14.6. The molecule has 0 spiro atoms. The average Bonchev–Trinajstić information content (AvgIpc) is 2.37. The van der Waals surface area contributed by atoms with Gasteiger partial charge in [-0.3, -0.25) is 0 Å². The van der Waals surface area contributed by atoms with Crippen molar-refractivity contribution in [2.24, 2.45) is 0 Å². The highest BCUT2D eigenvalue weighted by Crippen LogP contribution is 2.30. The minimum atomic E-state index is -0.522. The van der Waals surface area contributed by atoms with Gasteiger partial charge < -0.3 is 14.6 Å². The third kappa shape index (κ3) is 4.36. The summed E-state index contributed by atoms with van der Waals surface area (Å²) in [5.74, 6) is -0.214. The lowest BCUT2D eigenvalue weighted by Crippen LogP contribution is -2.44.